The van der Waals surface area contributed by atoms with E-state index < -0.39 is 0 Å². The normalized spacial score (nSPS) is 14.2. The van der Waals surface area contributed by atoms with E-state index in [1.807, 2.05) is 35.2 Å². The number of ether oxygens (including phenoxy) is 1. The maximum absolute atomic E-state index is 12.9. The first-order valence-electron chi connectivity index (χ1n) is 10.8. The standard InChI is InChI=1S/C24H27N5O4/c1-16(30)25-18-7-8-22(33-2)20(14-18)27-23(31)15-28-9-11-29(12-10-28)24(32)21-13-17-5-3-4-6-19(17)26-21/h3-8,13-14,26H,9-12,15H2,1-2H3,(H,25,30)(H,27,31). The molecule has 1 aromatic heterocycles. The van der Waals surface area contributed by atoms with Gasteiger partial charge in [0, 0.05) is 49.7 Å². The zero-order chi connectivity index (χ0) is 23.4. The summed E-state index contributed by atoms with van der Waals surface area (Å²) in [6.45, 7) is 3.91. The number of benzene rings is 2. The second-order valence-corrected chi connectivity index (χ2v) is 7.98. The highest BCUT2D eigenvalue weighted by molar-refractivity contribution is 5.98. The molecule has 3 amide bonds. The van der Waals surface area contributed by atoms with Gasteiger partial charge in [0.25, 0.3) is 5.91 Å². The number of amides is 3. The van der Waals surface area contributed by atoms with E-state index in [2.05, 4.69) is 15.6 Å². The molecule has 2 heterocycles. The lowest BCUT2D eigenvalue weighted by Crippen LogP contribution is -2.50. The molecule has 0 bridgehead atoms. The van der Waals surface area contributed by atoms with E-state index in [4.69, 9.17) is 4.74 Å². The van der Waals surface area contributed by atoms with Crippen LogP contribution in [-0.4, -0.2) is 72.3 Å². The highest BCUT2D eigenvalue weighted by Gasteiger charge is 2.24. The fraction of sp³-hybridized carbons (Fsp3) is 0.292. The number of anilines is 2. The van der Waals surface area contributed by atoms with E-state index in [0.717, 1.165) is 10.9 Å². The Balaban J connectivity index is 1.32. The molecule has 0 atom stereocenters. The third-order valence-corrected chi connectivity index (χ3v) is 5.58. The van der Waals surface area contributed by atoms with E-state index in [9.17, 15) is 14.4 Å². The monoisotopic (exact) mass is 449 g/mol. The van der Waals surface area contributed by atoms with Crippen LogP contribution in [0, 0.1) is 0 Å². The van der Waals surface area contributed by atoms with Crippen LogP contribution in [0.15, 0.2) is 48.5 Å². The minimum atomic E-state index is -0.197. The molecular weight excluding hydrogens is 422 g/mol. The Morgan fingerprint density at radius 3 is 2.45 bits per heavy atom. The number of piperazine rings is 1. The molecular formula is C24H27N5O4. The van der Waals surface area contributed by atoms with Crippen LogP contribution in [0.4, 0.5) is 11.4 Å². The minimum absolute atomic E-state index is 0.0326. The molecule has 1 fully saturated rings. The quantitative estimate of drug-likeness (QED) is 0.536. The van der Waals surface area contributed by atoms with Gasteiger partial charge in [0.2, 0.25) is 11.8 Å². The van der Waals surface area contributed by atoms with Crippen LogP contribution in [0.1, 0.15) is 17.4 Å². The van der Waals surface area contributed by atoms with Crippen LogP contribution in [0.25, 0.3) is 10.9 Å². The largest absolute Gasteiger partial charge is 0.495 e. The Morgan fingerprint density at radius 1 is 1.00 bits per heavy atom. The SMILES string of the molecule is COc1ccc(NC(C)=O)cc1NC(=O)CN1CCN(C(=O)c2cc3ccccc3[nH]2)CC1. The molecule has 0 unspecified atom stereocenters. The summed E-state index contributed by atoms with van der Waals surface area (Å²) in [5, 5.41) is 6.56. The van der Waals surface area contributed by atoms with E-state index >= 15 is 0 Å². The maximum atomic E-state index is 12.9. The van der Waals surface area contributed by atoms with Gasteiger partial charge in [-0.2, -0.15) is 0 Å². The third kappa shape index (κ3) is 5.32. The van der Waals surface area contributed by atoms with E-state index in [1.54, 1.807) is 23.1 Å². The average Bonchev–Trinajstić information content (AvgIpc) is 3.23. The number of aromatic nitrogens is 1. The highest BCUT2D eigenvalue weighted by Crippen LogP contribution is 2.28. The van der Waals surface area contributed by atoms with Gasteiger partial charge in [0.1, 0.15) is 11.4 Å². The van der Waals surface area contributed by atoms with Crippen LogP contribution in [0.3, 0.4) is 0 Å². The van der Waals surface area contributed by atoms with Gasteiger partial charge in [-0.25, -0.2) is 0 Å². The van der Waals surface area contributed by atoms with Crippen molar-refractivity contribution in [2.24, 2.45) is 0 Å². The number of hydrogen-bond donors (Lipinski definition) is 3. The first-order chi connectivity index (χ1) is 15.9. The number of methoxy groups -OCH3 is 1. The summed E-state index contributed by atoms with van der Waals surface area (Å²) in [5.74, 6) is 0.0852. The molecule has 0 saturated carbocycles. The van der Waals surface area contributed by atoms with Gasteiger partial charge in [-0.3, -0.25) is 19.3 Å². The van der Waals surface area contributed by atoms with Gasteiger partial charge in [0.15, 0.2) is 0 Å². The summed E-state index contributed by atoms with van der Waals surface area (Å²) >= 11 is 0. The topological polar surface area (TPSA) is 107 Å². The van der Waals surface area contributed by atoms with Gasteiger partial charge in [-0.05, 0) is 30.3 Å². The molecule has 1 aliphatic rings. The molecule has 0 aliphatic carbocycles. The molecule has 3 aromatic rings. The number of aromatic amines is 1. The maximum Gasteiger partial charge on any atom is 0.270 e. The van der Waals surface area contributed by atoms with E-state index in [-0.39, 0.29) is 24.3 Å². The number of H-pyrrole nitrogens is 1. The van der Waals surface area contributed by atoms with Crippen LogP contribution in [0.2, 0.25) is 0 Å². The van der Waals surface area contributed by atoms with Gasteiger partial charge in [-0.15, -0.1) is 0 Å². The van der Waals surface area contributed by atoms with Crippen molar-refractivity contribution in [2.75, 3.05) is 50.5 Å². The number of carbonyl (C=O) groups is 3. The average molecular weight is 450 g/mol. The van der Waals surface area contributed by atoms with Gasteiger partial charge in [-0.1, -0.05) is 18.2 Å². The van der Waals surface area contributed by atoms with Crippen molar-refractivity contribution in [1.29, 1.82) is 0 Å². The van der Waals surface area contributed by atoms with E-state index in [1.165, 1.54) is 14.0 Å². The first-order valence-corrected chi connectivity index (χ1v) is 10.8. The van der Waals surface area contributed by atoms with Crippen molar-refractivity contribution >= 4 is 40.0 Å². The predicted octanol–water partition coefficient (Wildman–Crippen LogP) is 2.53. The number of nitrogens with one attached hydrogen (secondary N) is 3. The molecule has 0 radical (unpaired) electrons. The molecule has 3 N–H and O–H groups in total. The lowest BCUT2D eigenvalue weighted by molar-refractivity contribution is -0.117. The van der Waals surface area contributed by atoms with E-state index in [0.29, 0.717) is 49.0 Å². The number of fused-ring (bicyclic) bond motifs is 1. The second-order valence-electron chi connectivity index (χ2n) is 7.98. The second kappa shape index (κ2) is 9.74. The minimum Gasteiger partial charge on any atom is -0.495 e. The van der Waals surface area contributed by atoms with Crippen LogP contribution < -0.4 is 15.4 Å². The highest BCUT2D eigenvalue weighted by atomic mass is 16.5. The summed E-state index contributed by atoms with van der Waals surface area (Å²) in [7, 11) is 1.52. The van der Waals surface area contributed by atoms with Crippen molar-refractivity contribution in [3.63, 3.8) is 0 Å². The fourth-order valence-electron chi connectivity index (χ4n) is 3.95. The number of para-hydroxylation sites is 1. The Bertz CT molecular complexity index is 1150. The molecule has 9 heteroatoms. The molecule has 0 spiro atoms. The summed E-state index contributed by atoms with van der Waals surface area (Å²) < 4.78 is 5.31. The van der Waals surface area contributed by atoms with Crippen molar-refractivity contribution in [3.8, 4) is 5.75 Å². The zero-order valence-electron chi connectivity index (χ0n) is 18.7. The Kier molecular flexibility index (Phi) is 6.60. The summed E-state index contributed by atoms with van der Waals surface area (Å²) in [4.78, 5) is 43.8. The lowest BCUT2D eigenvalue weighted by Gasteiger charge is -2.34. The van der Waals surface area contributed by atoms with Crippen molar-refractivity contribution in [2.45, 2.75) is 6.92 Å². The predicted molar refractivity (Wildman–Crippen MR) is 127 cm³/mol. The van der Waals surface area contributed by atoms with Crippen LogP contribution in [-0.2, 0) is 9.59 Å². The summed E-state index contributed by atoms with van der Waals surface area (Å²) in [5.41, 5.74) is 2.58. The summed E-state index contributed by atoms with van der Waals surface area (Å²) in [6, 6.07) is 14.7. The Hall–Kier alpha value is -3.85. The molecule has 1 saturated heterocycles. The van der Waals surface area contributed by atoms with Gasteiger partial charge < -0.3 is 25.3 Å². The number of carbonyl (C=O) groups excluding carboxylic acids is 3. The molecule has 2 aromatic carbocycles. The first kappa shape index (κ1) is 22.3. The molecule has 4 rings (SSSR count). The number of rotatable bonds is 6. The summed E-state index contributed by atoms with van der Waals surface area (Å²) in [6.07, 6.45) is 0. The lowest BCUT2D eigenvalue weighted by atomic mass is 10.2. The third-order valence-electron chi connectivity index (χ3n) is 5.58. The Labute approximate surface area is 191 Å². The number of nitrogens with zero attached hydrogens (tertiary/aromatic N) is 2. The smallest absolute Gasteiger partial charge is 0.270 e. The van der Waals surface area contributed by atoms with Crippen LogP contribution in [0.5, 0.6) is 5.75 Å². The van der Waals surface area contributed by atoms with Crippen molar-refractivity contribution in [3.05, 3.63) is 54.2 Å². The molecule has 172 valence electrons. The van der Waals surface area contributed by atoms with Crippen molar-refractivity contribution in [1.82, 2.24) is 14.8 Å². The van der Waals surface area contributed by atoms with Crippen molar-refractivity contribution < 1.29 is 19.1 Å². The Morgan fingerprint density at radius 2 is 1.76 bits per heavy atom. The molecule has 33 heavy (non-hydrogen) atoms. The van der Waals surface area contributed by atoms with Gasteiger partial charge in [0.05, 0.1) is 19.3 Å². The number of hydrogen-bond acceptors (Lipinski definition) is 5. The fourth-order valence-corrected chi connectivity index (χ4v) is 3.95. The van der Waals surface area contributed by atoms with Crippen LogP contribution >= 0.6 is 0 Å². The van der Waals surface area contributed by atoms with Gasteiger partial charge >= 0.3 is 0 Å². The zero-order valence-corrected chi connectivity index (χ0v) is 18.7. The molecule has 9 nitrogen and oxygen atoms in total. The molecule has 1 aliphatic heterocycles.